The second kappa shape index (κ2) is 22.2. The molecule has 1 aliphatic heterocycles. The smallest absolute Gasteiger partial charge is 0.134 e. The van der Waals surface area contributed by atoms with Crippen molar-refractivity contribution in [2.75, 3.05) is 4.90 Å². The van der Waals surface area contributed by atoms with Gasteiger partial charge in [0.2, 0.25) is 0 Å². The van der Waals surface area contributed by atoms with Gasteiger partial charge in [-0.1, -0.05) is 187 Å². The van der Waals surface area contributed by atoms with Gasteiger partial charge < -0.3 is 14.2 Å². The average Bonchev–Trinajstić information content (AvgIpc) is 3.81. The fraction of sp³-hybridized carbons (Fsp3) is 0.111. The maximum atomic E-state index is 6.16. The number of aromatic nitrogens is 1. The van der Waals surface area contributed by atoms with Crippen LogP contribution in [-0.2, 0) is 4.74 Å². The summed E-state index contributed by atoms with van der Waals surface area (Å²) in [6.07, 6.45) is 44.1. The molecule has 0 N–H and O–H groups in total. The zero-order chi connectivity index (χ0) is 47.2. The molecule has 0 saturated heterocycles. The predicted molar refractivity (Wildman–Crippen MR) is 291 cm³/mol. The number of allylic oxidation sites excluding steroid dienone is 23. The molecule has 3 nitrogen and oxygen atoms in total. The molecule has 0 atom stereocenters. The minimum absolute atomic E-state index is 0.314. The van der Waals surface area contributed by atoms with E-state index in [9.17, 15) is 0 Å². The van der Waals surface area contributed by atoms with Crippen molar-refractivity contribution in [1.82, 2.24) is 4.57 Å². The number of hydrogen-bond donors (Lipinski definition) is 0. The molecule has 2 heterocycles. The van der Waals surface area contributed by atoms with Crippen molar-refractivity contribution in [3.63, 3.8) is 0 Å². The summed E-state index contributed by atoms with van der Waals surface area (Å²) >= 11 is 0. The Hall–Kier alpha value is -7.88. The lowest BCUT2D eigenvalue weighted by molar-refractivity contribution is 0.371. The monoisotopic (exact) mass is 862 g/mol. The minimum Gasteiger partial charge on any atom is -0.465 e. The highest BCUT2D eigenvalue weighted by Gasteiger charge is 2.31. The number of anilines is 2. The third-order valence-electron chi connectivity index (χ3n) is 11.6. The molecule has 3 heteroatoms. The average molecular weight is 863 g/mol. The van der Waals surface area contributed by atoms with Crippen LogP contribution in [0, 0.1) is 5.41 Å². The molecule has 330 valence electrons. The Morgan fingerprint density at radius 3 is 2.14 bits per heavy atom. The number of ether oxygens (including phenoxy) is 1. The second-order valence-corrected chi connectivity index (χ2v) is 16.5. The normalized spacial score (nSPS) is 18.4. The topological polar surface area (TPSA) is 17.4 Å². The number of benzene rings is 3. The van der Waals surface area contributed by atoms with Crippen LogP contribution in [0.15, 0.2) is 251 Å². The van der Waals surface area contributed by atoms with Gasteiger partial charge in [-0.05, 0) is 126 Å². The molecule has 0 saturated carbocycles. The van der Waals surface area contributed by atoms with Crippen molar-refractivity contribution < 1.29 is 4.74 Å². The molecule has 2 aliphatic rings. The van der Waals surface area contributed by atoms with Crippen molar-refractivity contribution in [2.45, 2.75) is 40.5 Å². The first-order valence-corrected chi connectivity index (χ1v) is 22.4. The molecule has 1 aliphatic carbocycles. The van der Waals surface area contributed by atoms with Gasteiger partial charge in [-0.2, -0.15) is 0 Å². The lowest BCUT2D eigenvalue weighted by atomic mass is 9.85. The van der Waals surface area contributed by atoms with Crippen molar-refractivity contribution >= 4 is 57.3 Å². The summed E-state index contributed by atoms with van der Waals surface area (Å²) in [6.45, 7) is 38.2. The lowest BCUT2D eigenvalue weighted by Gasteiger charge is -2.26. The third-order valence-corrected chi connectivity index (χ3v) is 11.6. The van der Waals surface area contributed by atoms with Crippen LogP contribution in [0.3, 0.4) is 0 Å². The van der Waals surface area contributed by atoms with Gasteiger partial charge in [0.05, 0.1) is 11.8 Å². The summed E-state index contributed by atoms with van der Waals surface area (Å²) in [5.74, 6) is 0.765. The standard InChI is InChI=1S/C63H62N2O/c1-12-18-19-23-28-49-31-37-54(38-32-49)64(55-39-34-51(35-40-55)50(15-4)26-13-2)46(7)30-33-53-45-63(10,11)59(48(53)9)43-47(8)65-60(17-6)56(16-5)58-44-52(36-41-61(58)65)57(27-14-3)62-29-24-21-20-22-25-42-66-62/h12-19,21,23-45H,1-4,7-9,20,22H2,5-6,10-11H3/b19-18-,24-21+,28-23+,33-30-,42-25+,50-26+,56-16-,57-27-,59-43+,60-17+,62-29-. The van der Waals surface area contributed by atoms with Gasteiger partial charge in [0.1, 0.15) is 5.76 Å². The van der Waals surface area contributed by atoms with E-state index in [1.165, 1.54) is 0 Å². The van der Waals surface area contributed by atoms with E-state index < -0.39 is 0 Å². The summed E-state index contributed by atoms with van der Waals surface area (Å²) < 4.78 is 8.42. The fourth-order valence-corrected chi connectivity index (χ4v) is 8.41. The van der Waals surface area contributed by atoms with Gasteiger partial charge in [0.25, 0.3) is 0 Å². The first-order valence-electron chi connectivity index (χ1n) is 22.4. The quantitative estimate of drug-likeness (QED) is 0.104. The van der Waals surface area contributed by atoms with E-state index in [2.05, 4.69) is 204 Å². The zero-order valence-corrected chi connectivity index (χ0v) is 39.1. The van der Waals surface area contributed by atoms with Crippen LogP contribution in [0.5, 0.6) is 0 Å². The van der Waals surface area contributed by atoms with Crippen molar-refractivity contribution in [1.29, 1.82) is 0 Å². The van der Waals surface area contributed by atoms with Crippen LogP contribution in [0.4, 0.5) is 11.4 Å². The molecule has 6 rings (SSSR count). The Morgan fingerprint density at radius 1 is 0.773 bits per heavy atom. The fourth-order valence-electron chi connectivity index (χ4n) is 8.41. The molecule has 0 spiro atoms. The Morgan fingerprint density at radius 2 is 1.47 bits per heavy atom. The van der Waals surface area contributed by atoms with Crippen LogP contribution in [0.25, 0.3) is 46.0 Å². The summed E-state index contributed by atoms with van der Waals surface area (Å²) in [6, 6.07) is 23.5. The first kappa shape index (κ1) is 47.6. The van der Waals surface area contributed by atoms with E-state index in [4.69, 9.17) is 11.3 Å². The molecule has 0 amide bonds. The van der Waals surface area contributed by atoms with Crippen LogP contribution in [0.1, 0.15) is 57.2 Å². The SMILES string of the molecule is C=C/C=C\C=C\c1ccc(N(C(=C)/C=C\C2=CC(C)(C)/C(=C/C(=C)n3c(=C/C)/c(=C\C)c4cc(C(=C/C=C)/C5=C/C=C/CC/C=C/O5)ccc43)C2=C)c2ccc(/C(C=C)=C/C=C)cc2)cc1. The maximum absolute atomic E-state index is 6.16. The summed E-state index contributed by atoms with van der Waals surface area (Å²) in [4.78, 5) is 2.17. The van der Waals surface area contributed by atoms with Crippen LogP contribution < -0.4 is 15.5 Å². The Bertz CT molecular complexity index is 3020. The van der Waals surface area contributed by atoms with E-state index in [0.717, 1.165) is 107 Å². The summed E-state index contributed by atoms with van der Waals surface area (Å²) in [7, 11) is 0. The van der Waals surface area contributed by atoms with Gasteiger partial charge in [-0.15, -0.1) is 0 Å². The van der Waals surface area contributed by atoms with Gasteiger partial charge >= 0.3 is 0 Å². The van der Waals surface area contributed by atoms with Crippen molar-refractivity contribution in [3.8, 4) is 0 Å². The minimum atomic E-state index is -0.314. The molecule has 66 heavy (non-hydrogen) atoms. The summed E-state index contributed by atoms with van der Waals surface area (Å²) in [5, 5.41) is 3.34. The lowest BCUT2D eigenvalue weighted by Crippen LogP contribution is -2.28. The number of rotatable bonds is 16. The van der Waals surface area contributed by atoms with Crippen molar-refractivity contribution in [2.24, 2.45) is 5.41 Å². The van der Waals surface area contributed by atoms with Crippen molar-refractivity contribution in [3.05, 3.63) is 278 Å². The third kappa shape index (κ3) is 10.7. The molecule has 0 radical (unpaired) electrons. The van der Waals surface area contributed by atoms with Crippen LogP contribution >= 0.6 is 0 Å². The zero-order valence-electron chi connectivity index (χ0n) is 39.1. The Kier molecular flexibility index (Phi) is 16.0. The van der Waals surface area contributed by atoms with E-state index >= 15 is 0 Å². The molecule has 3 aromatic carbocycles. The molecule has 4 aromatic rings. The number of nitrogens with zero attached hydrogens (tertiary/aromatic N) is 2. The molecule has 0 unspecified atom stereocenters. The Balaban J connectivity index is 1.33. The predicted octanol–water partition coefficient (Wildman–Crippen LogP) is 15.9. The number of fused-ring (bicyclic) bond motifs is 1. The molecular formula is C63H62N2O. The Labute approximate surface area is 393 Å². The second-order valence-electron chi connectivity index (χ2n) is 16.5. The van der Waals surface area contributed by atoms with E-state index in [1.807, 2.05) is 48.6 Å². The molecule has 0 bridgehead atoms. The highest BCUT2D eigenvalue weighted by Crippen LogP contribution is 2.45. The van der Waals surface area contributed by atoms with Gasteiger partial charge in [0, 0.05) is 49.7 Å². The molecule has 1 aromatic heterocycles. The van der Waals surface area contributed by atoms with Gasteiger partial charge in [-0.25, -0.2) is 0 Å². The number of hydrogen-bond acceptors (Lipinski definition) is 2. The molecular weight excluding hydrogens is 801 g/mol. The van der Waals surface area contributed by atoms with E-state index in [-0.39, 0.29) is 5.41 Å². The summed E-state index contributed by atoms with van der Waals surface area (Å²) in [5.41, 5.74) is 12.6. The molecule has 0 fully saturated rings. The highest BCUT2D eigenvalue weighted by molar-refractivity contribution is 5.91. The van der Waals surface area contributed by atoms with Crippen LogP contribution in [0.2, 0.25) is 0 Å². The van der Waals surface area contributed by atoms with Gasteiger partial charge in [-0.3, -0.25) is 0 Å². The van der Waals surface area contributed by atoms with Gasteiger partial charge in [0.15, 0.2) is 0 Å². The van der Waals surface area contributed by atoms with E-state index in [0.29, 0.717) is 0 Å². The highest BCUT2D eigenvalue weighted by atomic mass is 16.5. The maximum Gasteiger partial charge on any atom is 0.134 e. The van der Waals surface area contributed by atoms with E-state index in [1.54, 1.807) is 18.4 Å². The van der Waals surface area contributed by atoms with Crippen LogP contribution in [-0.4, -0.2) is 4.57 Å². The largest absolute Gasteiger partial charge is 0.465 e. The first-order chi connectivity index (χ1) is 32.0.